The zero-order chi connectivity index (χ0) is 17.1. The Labute approximate surface area is 146 Å². The lowest BCUT2D eigenvalue weighted by Gasteiger charge is -2.33. The van der Waals surface area contributed by atoms with E-state index in [1.54, 1.807) is 17.8 Å². The highest BCUT2D eigenvalue weighted by Gasteiger charge is 2.21. The summed E-state index contributed by atoms with van der Waals surface area (Å²) in [5, 5.41) is 0.599. The number of thiocarbonyl (C=S) groups is 1. The fraction of sp³-hybridized carbons (Fsp3) is 0.471. The van der Waals surface area contributed by atoms with Gasteiger partial charge < -0.3 is 9.88 Å². The highest BCUT2D eigenvalue weighted by molar-refractivity contribution is 8.23. The number of para-hydroxylation sites is 1. The van der Waals surface area contributed by atoms with Crippen LogP contribution in [0.3, 0.4) is 0 Å². The highest BCUT2D eigenvalue weighted by Crippen LogP contribution is 2.30. The van der Waals surface area contributed by atoms with E-state index in [1.807, 2.05) is 25.1 Å². The predicted octanol–water partition coefficient (Wildman–Crippen LogP) is 4.12. The number of nitrogens with zero attached hydrogens (tertiary/aromatic N) is 2. The molecular formula is C17H23N3OS2. The molecule has 1 aromatic heterocycles. The maximum Gasteiger partial charge on any atom is 0.258 e. The van der Waals surface area contributed by atoms with E-state index < -0.39 is 0 Å². The quantitative estimate of drug-likeness (QED) is 0.842. The molecule has 0 aliphatic carbocycles. The number of rotatable bonds is 4. The van der Waals surface area contributed by atoms with Crippen LogP contribution in [0.25, 0.3) is 10.9 Å². The Morgan fingerprint density at radius 2 is 1.78 bits per heavy atom. The second-order valence-electron chi connectivity index (χ2n) is 6.09. The van der Waals surface area contributed by atoms with Crippen LogP contribution in [-0.2, 0) is 0 Å². The number of aromatic nitrogens is 2. The fourth-order valence-electron chi connectivity index (χ4n) is 2.58. The van der Waals surface area contributed by atoms with Crippen molar-refractivity contribution in [2.45, 2.75) is 52.0 Å². The standard InChI is InChI=1S/C17H23N3OS2/c1-10(2)20(11(3)4)17(22)23-12(5)15-18-14-9-7-6-8-13(14)16(21)19-15/h6-12H,1-5H3,(H,18,19,21). The van der Waals surface area contributed by atoms with E-state index in [2.05, 4.69) is 42.6 Å². The van der Waals surface area contributed by atoms with Crippen LogP contribution in [-0.4, -0.2) is 31.3 Å². The molecule has 1 N–H and O–H groups in total. The van der Waals surface area contributed by atoms with Crippen molar-refractivity contribution in [3.63, 3.8) is 0 Å². The maximum atomic E-state index is 12.2. The molecule has 124 valence electrons. The van der Waals surface area contributed by atoms with Crippen molar-refractivity contribution < 1.29 is 0 Å². The molecule has 1 heterocycles. The predicted molar refractivity (Wildman–Crippen MR) is 103 cm³/mol. The van der Waals surface area contributed by atoms with Crippen LogP contribution in [0.2, 0.25) is 0 Å². The minimum absolute atomic E-state index is 0.0141. The van der Waals surface area contributed by atoms with E-state index in [4.69, 9.17) is 12.2 Å². The van der Waals surface area contributed by atoms with Crippen LogP contribution in [0.5, 0.6) is 0 Å². The van der Waals surface area contributed by atoms with Crippen LogP contribution in [0, 0.1) is 0 Å². The first kappa shape index (κ1) is 17.9. The lowest BCUT2D eigenvalue weighted by Crippen LogP contribution is -2.39. The summed E-state index contributed by atoms with van der Waals surface area (Å²) in [6.45, 7) is 10.5. The number of H-pyrrole nitrogens is 1. The highest BCUT2D eigenvalue weighted by atomic mass is 32.2. The smallest absolute Gasteiger partial charge is 0.258 e. The zero-order valence-corrected chi connectivity index (χ0v) is 15.8. The van der Waals surface area contributed by atoms with E-state index in [0.717, 1.165) is 4.32 Å². The van der Waals surface area contributed by atoms with E-state index in [-0.39, 0.29) is 10.8 Å². The molecule has 2 aromatic rings. The van der Waals surface area contributed by atoms with Gasteiger partial charge in [0.15, 0.2) is 0 Å². The van der Waals surface area contributed by atoms with Gasteiger partial charge in [0.2, 0.25) is 0 Å². The van der Waals surface area contributed by atoms with Crippen LogP contribution in [0.15, 0.2) is 29.1 Å². The Bertz CT molecular complexity index is 747. The van der Waals surface area contributed by atoms with Gasteiger partial charge in [0.1, 0.15) is 10.1 Å². The van der Waals surface area contributed by atoms with Crippen LogP contribution in [0.4, 0.5) is 0 Å². The van der Waals surface area contributed by atoms with Crippen molar-refractivity contribution >= 4 is 39.2 Å². The molecule has 0 saturated heterocycles. The van der Waals surface area contributed by atoms with Crippen molar-refractivity contribution in [1.82, 2.24) is 14.9 Å². The first-order chi connectivity index (χ1) is 10.8. The number of benzene rings is 1. The van der Waals surface area contributed by atoms with E-state index in [9.17, 15) is 4.79 Å². The molecule has 0 bridgehead atoms. The molecule has 23 heavy (non-hydrogen) atoms. The summed E-state index contributed by atoms with van der Waals surface area (Å²) in [6, 6.07) is 8.05. The van der Waals surface area contributed by atoms with Crippen molar-refractivity contribution in [3.05, 3.63) is 40.4 Å². The van der Waals surface area contributed by atoms with Crippen LogP contribution in [0.1, 0.15) is 45.7 Å². The normalized spacial score (nSPS) is 12.8. The maximum absolute atomic E-state index is 12.2. The average molecular weight is 350 g/mol. The average Bonchev–Trinajstić information content (AvgIpc) is 2.46. The molecule has 4 nitrogen and oxygen atoms in total. The van der Waals surface area contributed by atoms with Gasteiger partial charge >= 0.3 is 0 Å². The third-order valence-corrected chi connectivity index (χ3v) is 5.11. The van der Waals surface area contributed by atoms with Gasteiger partial charge in [0.05, 0.1) is 16.2 Å². The molecule has 1 unspecified atom stereocenters. The minimum atomic E-state index is -0.103. The first-order valence-corrected chi connectivity index (χ1v) is 9.08. The second-order valence-corrected chi connectivity index (χ2v) is 8.06. The Morgan fingerprint density at radius 3 is 2.39 bits per heavy atom. The van der Waals surface area contributed by atoms with Crippen LogP contribution >= 0.6 is 24.0 Å². The topological polar surface area (TPSA) is 49.0 Å². The van der Waals surface area contributed by atoms with Crippen molar-refractivity contribution in [2.24, 2.45) is 0 Å². The van der Waals surface area contributed by atoms with Crippen molar-refractivity contribution in [1.29, 1.82) is 0 Å². The molecule has 2 rings (SSSR count). The van der Waals surface area contributed by atoms with Gasteiger partial charge in [-0.2, -0.15) is 0 Å². The molecule has 0 radical (unpaired) electrons. The van der Waals surface area contributed by atoms with E-state index in [0.29, 0.717) is 28.8 Å². The summed E-state index contributed by atoms with van der Waals surface area (Å²) >= 11 is 7.16. The summed E-state index contributed by atoms with van der Waals surface area (Å²) in [7, 11) is 0. The number of hydrogen-bond acceptors (Lipinski definition) is 4. The molecule has 0 saturated carbocycles. The molecule has 0 aliphatic heterocycles. The monoisotopic (exact) mass is 349 g/mol. The third kappa shape index (κ3) is 4.12. The van der Waals surface area contributed by atoms with Gasteiger partial charge in [-0.1, -0.05) is 36.1 Å². The number of fused-ring (bicyclic) bond motifs is 1. The summed E-state index contributed by atoms with van der Waals surface area (Å²) < 4.78 is 0.832. The number of thioether (sulfide) groups is 1. The van der Waals surface area contributed by atoms with Gasteiger partial charge in [0, 0.05) is 12.1 Å². The molecule has 0 fully saturated rings. The molecular weight excluding hydrogens is 326 g/mol. The molecule has 1 aromatic carbocycles. The van der Waals surface area contributed by atoms with E-state index in [1.165, 1.54) is 0 Å². The Morgan fingerprint density at radius 1 is 1.17 bits per heavy atom. The number of hydrogen-bond donors (Lipinski definition) is 1. The summed E-state index contributed by atoms with van der Waals surface area (Å²) in [5.41, 5.74) is 0.614. The molecule has 6 heteroatoms. The first-order valence-electron chi connectivity index (χ1n) is 7.79. The van der Waals surface area contributed by atoms with Crippen molar-refractivity contribution in [3.8, 4) is 0 Å². The van der Waals surface area contributed by atoms with Gasteiger partial charge in [-0.05, 0) is 46.8 Å². The summed E-state index contributed by atoms with van der Waals surface area (Å²) in [6.07, 6.45) is 0. The summed E-state index contributed by atoms with van der Waals surface area (Å²) in [5.74, 6) is 0.661. The number of aromatic amines is 1. The largest absolute Gasteiger partial charge is 0.353 e. The molecule has 0 amide bonds. The Hall–Kier alpha value is -1.40. The summed E-state index contributed by atoms with van der Waals surface area (Å²) in [4.78, 5) is 21.9. The SMILES string of the molecule is CC(SC(=S)N(C(C)C)C(C)C)c1nc2ccccc2c(=O)[nH]1. The zero-order valence-electron chi connectivity index (χ0n) is 14.2. The Balaban J connectivity index is 2.25. The second kappa shape index (κ2) is 7.45. The molecule has 1 atom stereocenters. The molecule has 0 aliphatic rings. The van der Waals surface area contributed by atoms with Crippen LogP contribution < -0.4 is 5.56 Å². The van der Waals surface area contributed by atoms with Gasteiger partial charge in [0.25, 0.3) is 5.56 Å². The van der Waals surface area contributed by atoms with E-state index >= 15 is 0 Å². The lowest BCUT2D eigenvalue weighted by molar-refractivity contribution is 0.303. The van der Waals surface area contributed by atoms with Crippen molar-refractivity contribution in [2.75, 3.05) is 0 Å². The Kier molecular flexibility index (Phi) is 5.81. The minimum Gasteiger partial charge on any atom is -0.353 e. The third-order valence-electron chi connectivity index (χ3n) is 3.62. The lowest BCUT2D eigenvalue weighted by atomic mass is 10.2. The van der Waals surface area contributed by atoms with Gasteiger partial charge in [-0.3, -0.25) is 4.79 Å². The fourth-order valence-corrected chi connectivity index (χ4v) is 4.51. The van der Waals surface area contributed by atoms with Gasteiger partial charge in [-0.15, -0.1) is 0 Å². The van der Waals surface area contributed by atoms with Gasteiger partial charge in [-0.25, -0.2) is 4.98 Å². The number of nitrogens with one attached hydrogen (secondary N) is 1. The molecule has 0 spiro atoms.